The zero-order chi connectivity index (χ0) is 20.0. The van der Waals surface area contributed by atoms with Crippen LogP contribution in [0.25, 0.3) is 0 Å². The summed E-state index contributed by atoms with van der Waals surface area (Å²) >= 11 is 0. The lowest BCUT2D eigenvalue weighted by Gasteiger charge is -2.20. The minimum atomic E-state index is -3.34. The Morgan fingerprint density at radius 3 is 2.33 bits per heavy atom. The highest BCUT2D eigenvalue weighted by atomic mass is 32.2. The third kappa shape index (κ3) is 5.72. The van der Waals surface area contributed by atoms with Crippen LogP contribution >= 0.6 is 0 Å². The molecule has 0 radical (unpaired) electrons. The second kappa shape index (κ2) is 8.90. The van der Waals surface area contributed by atoms with Crippen LogP contribution in [0.1, 0.15) is 28.4 Å². The average Bonchev–Trinajstić information content (AvgIpc) is 2.60. The number of amides is 1. The zero-order valence-corrected chi connectivity index (χ0v) is 17.0. The van der Waals surface area contributed by atoms with Gasteiger partial charge in [0.1, 0.15) is 12.4 Å². The molecule has 0 aliphatic rings. The summed E-state index contributed by atoms with van der Waals surface area (Å²) in [5, 5.41) is 2.80. The number of rotatable bonds is 8. The molecule has 0 bridgehead atoms. The van der Waals surface area contributed by atoms with E-state index in [9.17, 15) is 13.2 Å². The minimum Gasteiger partial charge on any atom is -0.491 e. The Bertz CT molecular complexity index is 893. The molecule has 6 nitrogen and oxygen atoms in total. The van der Waals surface area contributed by atoms with Gasteiger partial charge in [-0.25, -0.2) is 8.42 Å². The Morgan fingerprint density at radius 2 is 1.78 bits per heavy atom. The van der Waals surface area contributed by atoms with Crippen molar-refractivity contribution < 1.29 is 17.9 Å². The van der Waals surface area contributed by atoms with Gasteiger partial charge in [-0.15, -0.1) is 0 Å². The molecule has 1 amide bonds. The number of hydrogen-bond donors (Lipinski definition) is 1. The number of benzene rings is 2. The van der Waals surface area contributed by atoms with Crippen molar-refractivity contribution in [2.45, 2.75) is 20.8 Å². The number of carbonyl (C=O) groups is 1. The second-order valence-electron chi connectivity index (χ2n) is 6.35. The number of hydrogen-bond acceptors (Lipinski definition) is 4. The van der Waals surface area contributed by atoms with E-state index in [2.05, 4.69) is 5.32 Å². The fraction of sp³-hybridized carbons (Fsp3) is 0.350. The zero-order valence-electron chi connectivity index (χ0n) is 16.2. The lowest BCUT2D eigenvalue weighted by Crippen LogP contribution is -2.30. The molecule has 2 aromatic carbocycles. The maximum absolute atomic E-state index is 12.2. The average molecular weight is 391 g/mol. The first-order chi connectivity index (χ1) is 12.7. The number of aryl methyl sites for hydroxylation is 2. The van der Waals surface area contributed by atoms with Crippen molar-refractivity contribution in [3.63, 3.8) is 0 Å². The van der Waals surface area contributed by atoms with E-state index in [1.807, 2.05) is 32.0 Å². The number of nitrogens with one attached hydrogen (secondary N) is 1. The van der Waals surface area contributed by atoms with Gasteiger partial charge in [-0.3, -0.25) is 9.10 Å². The Kier molecular flexibility index (Phi) is 6.85. The van der Waals surface area contributed by atoms with Crippen molar-refractivity contribution in [2.24, 2.45) is 0 Å². The van der Waals surface area contributed by atoms with Crippen LogP contribution in [0.2, 0.25) is 0 Å². The van der Waals surface area contributed by atoms with E-state index in [4.69, 9.17) is 4.74 Å². The summed E-state index contributed by atoms with van der Waals surface area (Å²) in [6, 6.07) is 12.4. The molecule has 7 heteroatoms. The van der Waals surface area contributed by atoms with Crippen LogP contribution in [0, 0.1) is 13.8 Å². The van der Waals surface area contributed by atoms with E-state index in [0.29, 0.717) is 30.9 Å². The van der Waals surface area contributed by atoms with Crippen molar-refractivity contribution in [1.29, 1.82) is 0 Å². The van der Waals surface area contributed by atoms with Crippen LogP contribution < -0.4 is 14.4 Å². The molecule has 1 N–H and O–H groups in total. The van der Waals surface area contributed by atoms with Crippen molar-refractivity contribution in [2.75, 3.05) is 30.3 Å². The fourth-order valence-electron chi connectivity index (χ4n) is 2.78. The van der Waals surface area contributed by atoms with Crippen molar-refractivity contribution in [3.05, 3.63) is 59.2 Å². The summed E-state index contributed by atoms with van der Waals surface area (Å²) in [5.74, 6) is 0.577. The van der Waals surface area contributed by atoms with Crippen LogP contribution in [-0.4, -0.2) is 40.3 Å². The molecule has 0 aromatic heterocycles. The molecule has 2 aromatic rings. The first kappa shape index (κ1) is 20.8. The third-order valence-corrected chi connectivity index (χ3v) is 5.35. The summed E-state index contributed by atoms with van der Waals surface area (Å²) in [6.45, 7) is 6.85. The van der Waals surface area contributed by atoms with Crippen molar-refractivity contribution >= 4 is 21.6 Å². The first-order valence-corrected chi connectivity index (χ1v) is 10.6. The fourth-order valence-corrected chi connectivity index (χ4v) is 3.75. The van der Waals surface area contributed by atoms with Gasteiger partial charge in [0.25, 0.3) is 5.91 Å². The number of sulfonamides is 1. The Morgan fingerprint density at radius 1 is 1.11 bits per heavy atom. The van der Waals surface area contributed by atoms with Gasteiger partial charge in [-0.2, -0.15) is 0 Å². The molecule has 0 aliphatic carbocycles. The summed E-state index contributed by atoms with van der Waals surface area (Å²) in [7, 11) is -3.34. The van der Waals surface area contributed by atoms with Gasteiger partial charge in [-0.05, 0) is 56.7 Å². The van der Waals surface area contributed by atoms with Gasteiger partial charge >= 0.3 is 0 Å². The highest BCUT2D eigenvalue weighted by molar-refractivity contribution is 7.92. The molecule has 0 fully saturated rings. The topological polar surface area (TPSA) is 75.7 Å². The van der Waals surface area contributed by atoms with Crippen molar-refractivity contribution in [3.8, 4) is 5.75 Å². The molecule has 0 heterocycles. The Hall–Kier alpha value is -2.54. The normalized spacial score (nSPS) is 11.1. The van der Waals surface area contributed by atoms with Crippen LogP contribution in [0.5, 0.6) is 5.75 Å². The summed E-state index contributed by atoms with van der Waals surface area (Å²) in [6.07, 6.45) is 1.16. The monoisotopic (exact) mass is 390 g/mol. The molecule has 0 unspecified atom stereocenters. The number of nitrogens with zero attached hydrogens (tertiary/aromatic N) is 1. The number of anilines is 1. The van der Waals surface area contributed by atoms with Crippen LogP contribution in [-0.2, 0) is 10.0 Å². The maximum Gasteiger partial charge on any atom is 0.251 e. The van der Waals surface area contributed by atoms with Gasteiger partial charge in [0.2, 0.25) is 10.0 Å². The molecule has 0 saturated heterocycles. The van der Waals surface area contributed by atoms with Crippen LogP contribution in [0.15, 0.2) is 42.5 Å². The minimum absolute atomic E-state index is 0.229. The molecule has 2 rings (SSSR count). The van der Waals surface area contributed by atoms with Gasteiger partial charge in [0, 0.05) is 12.1 Å². The quantitative estimate of drug-likeness (QED) is 0.703. The number of carbonyl (C=O) groups excluding carboxylic acids is 1. The first-order valence-electron chi connectivity index (χ1n) is 8.78. The Labute approximate surface area is 161 Å². The molecule has 0 atom stereocenters. The van der Waals surface area contributed by atoms with E-state index >= 15 is 0 Å². The highest BCUT2D eigenvalue weighted by Crippen LogP contribution is 2.19. The summed E-state index contributed by atoms with van der Waals surface area (Å²) in [5.41, 5.74) is 3.24. The SMILES string of the molecule is CCN(c1ccc(C(=O)NCCOc2ccc(C)cc2C)cc1)S(C)(=O)=O. The third-order valence-electron chi connectivity index (χ3n) is 4.08. The van der Waals surface area contributed by atoms with Crippen molar-refractivity contribution in [1.82, 2.24) is 5.32 Å². The van der Waals surface area contributed by atoms with Crippen LogP contribution in [0.3, 0.4) is 0 Å². The van der Waals surface area contributed by atoms with Gasteiger partial charge in [0.05, 0.1) is 18.5 Å². The maximum atomic E-state index is 12.2. The van der Waals surface area contributed by atoms with Gasteiger partial charge < -0.3 is 10.1 Å². The predicted molar refractivity (Wildman–Crippen MR) is 108 cm³/mol. The molecular formula is C20H26N2O4S. The Balaban J connectivity index is 1.89. The van der Waals surface area contributed by atoms with E-state index in [1.165, 1.54) is 9.87 Å². The van der Waals surface area contributed by atoms with Gasteiger partial charge in [0.15, 0.2) is 0 Å². The summed E-state index contributed by atoms with van der Waals surface area (Å²) < 4.78 is 30.5. The molecular weight excluding hydrogens is 364 g/mol. The van der Waals surface area contributed by atoms with Gasteiger partial charge in [-0.1, -0.05) is 17.7 Å². The predicted octanol–water partition coefficient (Wildman–Crippen LogP) is 2.90. The summed E-state index contributed by atoms with van der Waals surface area (Å²) in [4.78, 5) is 12.2. The molecule has 146 valence electrons. The molecule has 0 aliphatic heterocycles. The highest BCUT2D eigenvalue weighted by Gasteiger charge is 2.15. The lowest BCUT2D eigenvalue weighted by molar-refractivity contribution is 0.0947. The van der Waals surface area contributed by atoms with E-state index < -0.39 is 10.0 Å². The van der Waals surface area contributed by atoms with E-state index in [1.54, 1.807) is 31.2 Å². The number of ether oxygens (including phenoxy) is 1. The van der Waals surface area contributed by atoms with E-state index in [-0.39, 0.29) is 5.91 Å². The largest absolute Gasteiger partial charge is 0.491 e. The van der Waals surface area contributed by atoms with E-state index in [0.717, 1.165) is 17.6 Å². The standard InChI is InChI=1S/C20H26N2O4S/c1-5-22(27(4,24)25)18-9-7-17(8-10-18)20(23)21-12-13-26-19-11-6-15(2)14-16(19)3/h6-11,14H,5,12-13H2,1-4H3,(H,21,23). The van der Waals surface area contributed by atoms with Crippen LogP contribution in [0.4, 0.5) is 5.69 Å². The smallest absolute Gasteiger partial charge is 0.251 e. The molecule has 0 spiro atoms. The second-order valence-corrected chi connectivity index (χ2v) is 8.25. The molecule has 0 saturated carbocycles. The lowest BCUT2D eigenvalue weighted by atomic mass is 10.1. The molecule has 27 heavy (non-hydrogen) atoms.